The fourth-order valence-electron chi connectivity index (χ4n) is 1.22. The van der Waals surface area contributed by atoms with Crippen molar-refractivity contribution in [3.05, 3.63) is 36.4 Å². The molecule has 0 spiro atoms. The fourth-order valence-corrected chi connectivity index (χ4v) is 1.22. The second-order valence-electron chi connectivity index (χ2n) is 3.12. The van der Waals surface area contributed by atoms with Gasteiger partial charge in [-0.2, -0.15) is 5.10 Å². The van der Waals surface area contributed by atoms with Gasteiger partial charge >= 0.3 is 0 Å². The van der Waals surface area contributed by atoms with E-state index in [0.717, 1.165) is 5.69 Å². The molecule has 82 valence electrons. The number of amides is 1. The molecule has 0 unspecified atom stereocenters. The SMILES string of the molecule is CNc1ccnc(C(=O)Nc2cn[nH]c2)c1. The summed E-state index contributed by atoms with van der Waals surface area (Å²) < 4.78 is 0. The second-order valence-corrected chi connectivity index (χ2v) is 3.12. The summed E-state index contributed by atoms with van der Waals surface area (Å²) in [6.07, 6.45) is 4.70. The van der Waals surface area contributed by atoms with Crippen LogP contribution < -0.4 is 10.6 Å². The van der Waals surface area contributed by atoms with Gasteiger partial charge in [0.05, 0.1) is 11.9 Å². The van der Waals surface area contributed by atoms with Crippen LogP contribution in [0.3, 0.4) is 0 Å². The Hall–Kier alpha value is -2.37. The average molecular weight is 217 g/mol. The van der Waals surface area contributed by atoms with E-state index >= 15 is 0 Å². The van der Waals surface area contributed by atoms with Gasteiger partial charge in [-0.25, -0.2) is 0 Å². The zero-order valence-electron chi connectivity index (χ0n) is 8.69. The molecule has 0 aliphatic carbocycles. The third kappa shape index (κ3) is 2.17. The zero-order chi connectivity index (χ0) is 11.4. The van der Waals surface area contributed by atoms with Crippen molar-refractivity contribution in [2.24, 2.45) is 0 Å². The molecule has 0 saturated heterocycles. The molecule has 0 aliphatic rings. The zero-order valence-corrected chi connectivity index (χ0v) is 8.69. The van der Waals surface area contributed by atoms with E-state index in [1.165, 1.54) is 6.20 Å². The van der Waals surface area contributed by atoms with Gasteiger partial charge in [-0.15, -0.1) is 0 Å². The number of rotatable bonds is 3. The largest absolute Gasteiger partial charge is 0.388 e. The molecule has 0 radical (unpaired) electrons. The van der Waals surface area contributed by atoms with Gasteiger partial charge < -0.3 is 10.6 Å². The number of carbonyl (C=O) groups excluding carboxylic acids is 1. The van der Waals surface area contributed by atoms with E-state index in [9.17, 15) is 4.79 Å². The molecule has 0 saturated carbocycles. The third-order valence-electron chi connectivity index (χ3n) is 2.04. The maximum atomic E-state index is 11.7. The summed E-state index contributed by atoms with van der Waals surface area (Å²) in [5.74, 6) is -0.265. The molecule has 2 rings (SSSR count). The number of aromatic amines is 1. The summed E-state index contributed by atoms with van der Waals surface area (Å²) in [4.78, 5) is 15.7. The van der Waals surface area contributed by atoms with Gasteiger partial charge in [0.15, 0.2) is 0 Å². The number of carbonyl (C=O) groups is 1. The van der Waals surface area contributed by atoms with Crippen molar-refractivity contribution in [1.29, 1.82) is 0 Å². The lowest BCUT2D eigenvalue weighted by Crippen LogP contribution is -2.13. The van der Waals surface area contributed by atoms with E-state index in [4.69, 9.17) is 0 Å². The standard InChI is InChI=1S/C10H11N5O/c1-11-7-2-3-12-9(4-7)10(16)15-8-5-13-14-6-8/h2-6H,1H3,(H,11,12)(H,13,14)(H,15,16). The van der Waals surface area contributed by atoms with Crippen LogP contribution in [0, 0.1) is 0 Å². The average Bonchev–Trinajstić information content (AvgIpc) is 2.82. The van der Waals surface area contributed by atoms with Crippen molar-refractivity contribution in [1.82, 2.24) is 15.2 Å². The fraction of sp³-hybridized carbons (Fsp3) is 0.100. The summed E-state index contributed by atoms with van der Waals surface area (Å²) in [6.45, 7) is 0. The number of nitrogens with one attached hydrogen (secondary N) is 3. The highest BCUT2D eigenvalue weighted by Gasteiger charge is 2.08. The maximum Gasteiger partial charge on any atom is 0.274 e. The molecule has 0 fully saturated rings. The Morgan fingerprint density at radius 2 is 2.31 bits per heavy atom. The Labute approximate surface area is 92.1 Å². The van der Waals surface area contributed by atoms with Gasteiger partial charge in [-0.1, -0.05) is 0 Å². The Balaban J connectivity index is 2.14. The van der Waals surface area contributed by atoms with Gasteiger partial charge in [-0.3, -0.25) is 14.9 Å². The van der Waals surface area contributed by atoms with Crippen molar-refractivity contribution in [2.75, 3.05) is 17.7 Å². The van der Waals surface area contributed by atoms with Crippen molar-refractivity contribution in [3.63, 3.8) is 0 Å². The molecule has 0 aromatic carbocycles. The van der Waals surface area contributed by atoms with Crippen molar-refractivity contribution in [3.8, 4) is 0 Å². The van der Waals surface area contributed by atoms with Gasteiger partial charge in [0.2, 0.25) is 0 Å². The van der Waals surface area contributed by atoms with E-state index in [1.807, 2.05) is 0 Å². The number of pyridine rings is 1. The topological polar surface area (TPSA) is 82.7 Å². The molecule has 2 aromatic rings. The van der Waals surface area contributed by atoms with Crippen LogP contribution in [0.15, 0.2) is 30.7 Å². The number of anilines is 2. The highest BCUT2D eigenvalue weighted by molar-refractivity contribution is 6.03. The first-order valence-electron chi connectivity index (χ1n) is 4.73. The Kier molecular flexibility index (Phi) is 2.81. The third-order valence-corrected chi connectivity index (χ3v) is 2.04. The molecule has 0 bridgehead atoms. The highest BCUT2D eigenvalue weighted by Crippen LogP contribution is 2.09. The highest BCUT2D eigenvalue weighted by atomic mass is 16.1. The minimum absolute atomic E-state index is 0.265. The molecule has 1 amide bonds. The van der Waals surface area contributed by atoms with Crippen LogP contribution in [0.2, 0.25) is 0 Å². The van der Waals surface area contributed by atoms with Crippen LogP contribution in [-0.4, -0.2) is 28.1 Å². The summed E-state index contributed by atoms with van der Waals surface area (Å²) in [5.41, 5.74) is 1.81. The first-order chi connectivity index (χ1) is 7.79. The quantitative estimate of drug-likeness (QED) is 0.719. The normalized spacial score (nSPS) is 9.81. The molecular weight excluding hydrogens is 206 g/mol. The second kappa shape index (κ2) is 4.43. The number of hydrogen-bond acceptors (Lipinski definition) is 4. The minimum atomic E-state index is -0.265. The predicted octanol–water partition coefficient (Wildman–Crippen LogP) is 1.10. The number of nitrogens with zero attached hydrogens (tertiary/aromatic N) is 2. The molecule has 2 heterocycles. The van der Waals surface area contributed by atoms with E-state index in [1.54, 1.807) is 31.6 Å². The van der Waals surface area contributed by atoms with E-state index in [2.05, 4.69) is 25.8 Å². The van der Waals surface area contributed by atoms with Gasteiger partial charge in [0.1, 0.15) is 5.69 Å². The Morgan fingerprint density at radius 3 is 3.00 bits per heavy atom. The van der Waals surface area contributed by atoms with Gasteiger partial charge in [0, 0.05) is 25.1 Å². The number of hydrogen-bond donors (Lipinski definition) is 3. The molecule has 16 heavy (non-hydrogen) atoms. The first-order valence-corrected chi connectivity index (χ1v) is 4.73. The molecule has 0 aliphatic heterocycles. The van der Waals surface area contributed by atoms with Crippen LogP contribution in [0.1, 0.15) is 10.5 Å². The summed E-state index contributed by atoms with van der Waals surface area (Å²) in [7, 11) is 1.78. The van der Waals surface area contributed by atoms with Crippen LogP contribution in [0.25, 0.3) is 0 Å². The van der Waals surface area contributed by atoms with Crippen LogP contribution in [-0.2, 0) is 0 Å². The molecule has 0 atom stereocenters. The minimum Gasteiger partial charge on any atom is -0.388 e. The molecule has 3 N–H and O–H groups in total. The molecule has 6 heteroatoms. The summed E-state index contributed by atoms with van der Waals surface area (Å²) in [5, 5.41) is 12.0. The van der Waals surface area contributed by atoms with E-state index < -0.39 is 0 Å². The van der Waals surface area contributed by atoms with Crippen molar-refractivity contribution >= 4 is 17.3 Å². The van der Waals surface area contributed by atoms with Crippen molar-refractivity contribution < 1.29 is 4.79 Å². The van der Waals surface area contributed by atoms with Crippen LogP contribution in [0.4, 0.5) is 11.4 Å². The monoisotopic (exact) mass is 217 g/mol. The summed E-state index contributed by atoms with van der Waals surface area (Å²) >= 11 is 0. The Morgan fingerprint density at radius 1 is 1.44 bits per heavy atom. The van der Waals surface area contributed by atoms with Crippen LogP contribution >= 0.6 is 0 Å². The van der Waals surface area contributed by atoms with Crippen LogP contribution in [0.5, 0.6) is 0 Å². The first kappa shape index (κ1) is 10.2. The summed E-state index contributed by atoms with van der Waals surface area (Å²) in [6, 6.07) is 3.46. The number of aromatic nitrogens is 3. The lowest BCUT2D eigenvalue weighted by Gasteiger charge is -2.03. The molecule has 2 aromatic heterocycles. The predicted molar refractivity (Wildman–Crippen MR) is 60.3 cm³/mol. The van der Waals surface area contributed by atoms with E-state index in [-0.39, 0.29) is 5.91 Å². The molecular formula is C10H11N5O. The van der Waals surface area contributed by atoms with Crippen molar-refractivity contribution in [2.45, 2.75) is 0 Å². The van der Waals surface area contributed by atoms with Gasteiger partial charge in [-0.05, 0) is 12.1 Å². The van der Waals surface area contributed by atoms with Gasteiger partial charge in [0.25, 0.3) is 5.91 Å². The lowest BCUT2D eigenvalue weighted by atomic mass is 10.3. The number of H-pyrrole nitrogens is 1. The van der Waals surface area contributed by atoms with E-state index in [0.29, 0.717) is 11.4 Å². The lowest BCUT2D eigenvalue weighted by molar-refractivity contribution is 0.102. The maximum absolute atomic E-state index is 11.7. The molecule has 6 nitrogen and oxygen atoms in total. The Bertz CT molecular complexity index is 480. The smallest absolute Gasteiger partial charge is 0.274 e.